The monoisotopic (exact) mass is 283 g/mol. The number of phenolic OH excluding ortho intramolecular Hbond substituents is 1. The fraction of sp³-hybridized carbons (Fsp3) is 0.500. The maximum Gasteiger partial charge on any atom is 0.115 e. The van der Waals surface area contributed by atoms with Crippen molar-refractivity contribution in [2.45, 2.75) is 44.9 Å². The van der Waals surface area contributed by atoms with Crippen LogP contribution in [0.25, 0.3) is 0 Å². The normalized spacial score (nSPS) is 35.9. The highest BCUT2D eigenvalue weighted by molar-refractivity contribution is 5.92. The van der Waals surface area contributed by atoms with Crippen molar-refractivity contribution in [2.75, 3.05) is 0 Å². The number of nitrogens with zero attached hydrogens (tertiary/aromatic N) is 1. The van der Waals surface area contributed by atoms with Crippen LogP contribution in [0.2, 0.25) is 0 Å². The first kappa shape index (κ1) is 12.9. The lowest BCUT2D eigenvalue weighted by molar-refractivity contribution is 0.244. The Hall–Kier alpha value is -1.77. The van der Waals surface area contributed by atoms with E-state index < -0.39 is 0 Å². The van der Waals surface area contributed by atoms with Crippen LogP contribution in [0.5, 0.6) is 5.75 Å². The second-order valence-electron chi connectivity index (χ2n) is 6.94. The van der Waals surface area contributed by atoms with E-state index in [0.717, 1.165) is 37.8 Å². The van der Waals surface area contributed by atoms with Crippen LogP contribution in [-0.2, 0) is 6.42 Å². The quantitative estimate of drug-likeness (QED) is 0.429. The molecule has 0 bridgehead atoms. The smallest absolute Gasteiger partial charge is 0.115 e. The predicted molar refractivity (Wildman–Crippen MR) is 81.9 cm³/mol. The minimum absolute atomic E-state index is 0.0471. The van der Waals surface area contributed by atoms with Crippen molar-refractivity contribution in [1.29, 1.82) is 0 Å². The summed E-state index contributed by atoms with van der Waals surface area (Å²) in [5.41, 5.74) is 5.23. The first-order valence-electron chi connectivity index (χ1n) is 7.86. The summed E-state index contributed by atoms with van der Waals surface area (Å²) in [7, 11) is 0. The van der Waals surface area contributed by atoms with Crippen molar-refractivity contribution < 1.29 is 10.3 Å². The van der Waals surface area contributed by atoms with Gasteiger partial charge in [0.25, 0.3) is 0 Å². The highest BCUT2D eigenvalue weighted by Crippen LogP contribution is 2.58. The van der Waals surface area contributed by atoms with Crippen molar-refractivity contribution in [1.82, 2.24) is 0 Å². The molecule has 1 aromatic carbocycles. The Morgan fingerprint density at radius 2 is 2.14 bits per heavy atom. The van der Waals surface area contributed by atoms with Crippen LogP contribution >= 0.6 is 0 Å². The zero-order chi connectivity index (χ0) is 14.6. The van der Waals surface area contributed by atoms with Gasteiger partial charge in [0.2, 0.25) is 0 Å². The van der Waals surface area contributed by atoms with E-state index in [2.05, 4.69) is 24.2 Å². The van der Waals surface area contributed by atoms with Crippen LogP contribution < -0.4 is 0 Å². The molecule has 3 nitrogen and oxygen atoms in total. The Morgan fingerprint density at radius 1 is 1.29 bits per heavy atom. The first-order chi connectivity index (χ1) is 10.1. The number of fused-ring (bicyclic) bond motifs is 5. The molecule has 0 amide bonds. The van der Waals surface area contributed by atoms with Gasteiger partial charge in [0.15, 0.2) is 0 Å². The van der Waals surface area contributed by atoms with E-state index in [9.17, 15) is 10.3 Å². The van der Waals surface area contributed by atoms with Gasteiger partial charge in [0.1, 0.15) is 5.75 Å². The molecule has 2 saturated carbocycles. The average molecular weight is 283 g/mol. The van der Waals surface area contributed by atoms with Gasteiger partial charge in [-0.15, -0.1) is 0 Å². The Kier molecular flexibility index (Phi) is 2.69. The zero-order valence-corrected chi connectivity index (χ0v) is 12.3. The highest BCUT2D eigenvalue weighted by Gasteiger charge is 2.51. The van der Waals surface area contributed by atoms with Gasteiger partial charge in [0.05, 0.1) is 5.71 Å². The van der Waals surface area contributed by atoms with E-state index in [1.54, 1.807) is 5.57 Å². The lowest BCUT2D eigenvalue weighted by Gasteiger charge is -2.44. The Balaban J connectivity index is 1.76. The summed E-state index contributed by atoms with van der Waals surface area (Å²) in [4.78, 5) is 0. The van der Waals surface area contributed by atoms with Gasteiger partial charge in [-0.25, -0.2) is 0 Å². The average Bonchev–Trinajstić information content (AvgIpc) is 2.83. The number of hydrogen-bond acceptors (Lipinski definition) is 3. The van der Waals surface area contributed by atoms with Crippen molar-refractivity contribution >= 4 is 5.71 Å². The van der Waals surface area contributed by atoms with Crippen LogP contribution in [0, 0.1) is 11.3 Å². The first-order valence-corrected chi connectivity index (χ1v) is 7.86. The van der Waals surface area contributed by atoms with Crippen LogP contribution in [0.4, 0.5) is 0 Å². The molecule has 2 N–H and O–H groups in total. The SMILES string of the molecule is C[C@]12CC[C@H]3C(=CCc4cc(O)ccc43)[C@@H]1CCC2=NO. The van der Waals surface area contributed by atoms with E-state index in [1.165, 1.54) is 11.1 Å². The number of oxime groups is 1. The molecule has 0 aliphatic heterocycles. The molecule has 3 aliphatic rings. The van der Waals surface area contributed by atoms with Gasteiger partial charge < -0.3 is 10.3 Å². The van der Waals surface area contributed by atoms with Crippen LogP contribution in [0.1, 0.15) is 49.7 Å². The summed E-state index contributed by atoms with van der Waals surface area (Å²) >= 11 is 0. The maximum absolute atomic E-state index is 9.68. The third-order valence-electron chi connectivity index (χ3n) is 6.04. The molecule has 0 spiro atoms. The van der Waals surface area contributed by atoms with Gasteiger partial charge in [-0.3, -0.25) is 0 Å². The largest absolute Gasteiger partial charge is 0.508 e. The molecular formula is C18H21NO2. The molecule has 1 aromatic rings. The molecule has 3 atom stereocenters. The minimum atomic E-state index is 0.0471. The van der Waals surface area contributed by atoms with Crippen LogP contribution in [0.3, 0.4) is 0 Å². The van der Waals surface area contributed by atoms with E-state index in [4.69, 9.17) is 0 Å². The second kappa shape index (κ2) is 4.36. The standard InChI is InChI=1S/C18H21NO2/c1-18-9-8-14-13-5-3-12(20)10-11(13)2-4-15(14)16(18)6-7-17(18)19-21/h3-5,10,14,16,20-21H,2,6-9H2,1H3/t14-,16+,18+/m1/s1. The molecule has 4 rings (SSSR count). The van der Waals surface area contributed by atoms with Gasteiger partial charge in [-0.2, -0.15) is 0 Å². The molecule has 3 heteroatoms. The van der Waals surface area contributed by atoms with Crippen molar-refractivity contribution in [3.05, 3.63) is 41.0 Å². The zero-order valence-electron chi connectivity index (χ0n) is 12.3. The lowest BCUT2D eigenvalue weighted by atomic mass is 9.60. The van der Waals surface area contributed by atoms with E-state index in [1.807, 2.05) is 12.1 Å². The number of aromatic hydroxyl groups is 1. The molecule has 21 heavy (non-hydrogen) atoms. The van der Waals surface area contributed by atoms with Crippen molar-refractivity contribution in [2.24, 2.45) is 16.5 Å². The van der Waals surface area contributed by atoms with Crippen molar-refractivity contribution in [3.8, 4) is 5.75 Å². The summed E-state index contributed by atoms with van der Waals surface area (Å²) < 4.78 is 0. The second-order valence-corrected chi connectivity index (χ2v) is 6.94. The number of hydrogen-bond donors (Lipinski definition) is 2. The van der Waals surface area contributed by atoms with Gasteiger partial charge in [0, 0.05) is 11.3 Å². The van der Waals surface area contributed by atoms with Gasteiger partial charge in [-0.1, -0.05) is 29.8 Å². The molecule has 110 valence electrons. The minimum Gasteiger partial charge on any atom is -0.508 e. The topological polar surface area (TPSA) is 52.8 Å². The molecule has 0 heterocycles. The van der Waals surface area contributed by atoms with Gasteiger partial charge in [-0.05, 0) is 61.3 Å². The highest BCUT2D eigenvalue weighted by atomic mass is 16.4. The Labute approximate surface area is 125 Å². The summed E-state index contributed by atoms with van der Waals surface area (Å²) in [6.45, 7) is 2.27. The molecule has 0 saturated heterocycles. The number of rotatable bonds is 0. The summed E-state index contributed by atoms with van der Waals surface area (Å²) in [5, 5.41) is 22.6. The number of benzene rings is 1. The summed E-state index contributed by atoms with van der Waals surface area (Å²) in [6.07, 6.45) is 7.49. The maximum atomic E-state index is 9.68. The fourth-order valence-electron chi connectivity index (χ4n) is 4.91. The Bertz CT molecular complexity index is 661. The third-order valence-corrected chi connectivity index (χ3v) is 6.04. The molecule has 3 aliphatic carbocycles. The number of allylic oxidation sites excluding steroid dienone is 2. The van der Waals surface area contributed by atoms with E-state index in [-0.39, 0.29) is 5.41 Å². The van der Waals surface area contributed by atoms with E-state index in [0.29, 0.717) is 17.6 Å². The van der Waals surface area contributed by atoms with Gasteiger partial charge >= 0.3 is 0 Å². The molecule has 0 unspecified atom stereocenters. The summed E-state index contributed by atoms with van der Waals surface area (Å²) in [6, 6.07) is 5.82. The molecule has 2 fully saturated rings. The lowest BCUT2D eigenvalue weighted by Crippen LogP contribution is -2.37. The predicted octanol–water partition coefficient (Wildman–Crippen LogP) is 4.00. The van der Waals surface area contributed by atoms with E-state index >= 15 is 0 Å². The molecule has 0 radical (unpaired) electrons. The molecular weight excluding hydrogens is 262 g/mol. The third kappa shape index (κ3) is 1.69. The van der Waals surface area contributed by atoms with Crippen LogP contribution in [-0.4, -0.2) is 16.0 Å². The summed E-state index contributed by atoms with van der Waals surface area (Å²) in [5.74, 6) is 1.37. The van der Waals surface area contributed by atoms with Crippen molar-refractivity contribution in [3.63, 3.8) is 0 Å². The van der Waals surface area contributed by atoms with Crippen LogP contribution in [0.15, 0.2) is 35.0 Å². The number of phenols is 1. The fourth-order valence-corrected chi connectivity index (χ4v) is 4.91. The molecule has 0 aromatic heterocycles. The Morgan fingerprint density at radius 3 is 2.95 bits per heavy atom.